The number of amides is 2. The number of nitrogens with zero attached hydrogens (tertiary/aromatic N) is 1. The number of halogens is 3. The minimum absolute atomic E-state index is 0.170. The molecule has 0 aliphatic rings. The van der Waals surface area contributed by atoms with Gasteiger partial charge in [-0.1, -0.05) is 19.9 Å². The average molecular weight is 776 g/mol. The molecule has 0 saturated carbocycles. The third-order valence-electron chi connectivity index (χ3n) is 7.45. The molecule has 0 spiro atoms. The topological polar surface area (TPSA) is 200 Å². The summed E-state index contributed by atoms with van der Waals surface area (Å²) in [5.74, 6) is -2.39. The summed E-state index contributed by atoms with van der Waals surface area (Å²) >= 11 is 1.56. The number of nitrogens with one attached hydrogen (secondary N) is 3. The number of fused-ring (bicyclic) bond motifs is 1. The first-order valence-electron chi connectivity index (χ1n) is 16.0. The smallest absolute Gasteiger partial charge is 0.490 e. The molecule has 2 atom stereocenters. The van der Waals surface area contributed by atoms with Gasteiger partial charge >= 0.3 is 24.2 Å². The highest BCUT2D eigenvalue weighted by Crippen LogP contribution is 2.36. The van der Waals surface area contributed by atoms with Crippen molar-refractivity contribution in [3.63, 3.8) is 0 Å². The van der Waals surface area contributed by atoms with E-state index in [4.69, 9.17) is 34.6 Å². The summed E-state index contributed by atoms with van der Waals surface area (Å²) < 4.78 is 52.5. The number of alkyl halides is 3. The van der Waals surface area contributed by atoms with Crippen LogP contribution in [0.25, 0.3) is 10.8 Å². The Kier molecular flexibility index (Phi) is 15.1. The van der Waals surface area contributed by atoms with Crippen LogP contribution >= 0.6 is 11.8 Å². The molecule has 0 radical (unpaired) electrons. The van der Waals surface area contributed by atoms with Gasteiger partial charge in [0.25, 0.3) is 0 Å². The van der Waals surface area contributed by atoms with E-state index in [0.717, 1.165) is 15.7 Å². The number of aromatic nitrogens is 1. The first-order chi connectivity index (χ1) is 25.5. The lowest BCUT2D eigenvalue weighted by Gasteiger charge is -2.27. The van der Waals surface area contributed by atoms with E-state index >= 15 is 0 Å². The molecule has 0 saturated heterocycles. The van der Waals surface area contributed by atoms with Gasteiger partial charge in [-0.15, -0.1) is 11.8 Å². The fourth-order valence-electron chi connectivity index (χ4n) is 4.96. The summed E-state index contributed by atoms with van der Waals surface area (Å²) in [5.41, 5.74) is 8.33. The van der Waals surface area contributed by atoms with E-state index in [0.29, 0.717) is 39.8 Å². The summed E-state index contributed by atoms with van der Waals surface area (Å²) in [4.78, 5) is 53.0. The third kappa shape index (κ3) is 11.8. The number of esters is 1. The molecule has 1 aromatic heterocycles. The lowest BCUT2D eigenvalue weighted by Crippen LogP contribution is -2.37. The molecule has 1 unspecified atom stereocenters. The predicted molar refractivity (Wildman–Crippen MR) is 197 cm³/mol. The van der Waals surface area contributed by atoms with Gasteiger partial charge in [0.05, 0.1) is 40.9 Å². The van der Waals surface area contributed by atoms with E-state index in [-0.39, 0.29) is 11.7 Å². The Morgan fingerprint density at radius 2 is 1.56 bits per heavy atom. The van der Waals surface area contributed by atoms with Crippen molar-refractivity contribution in [3.05, 3.63) is 78.0 Å². The molecule has 18 heteroatoms. The van der Waals surface area contributed by atoms with Crippen LogP contribution in [0.4, 0.5) is 35.2 Å². The number of ether oxygens (including phenoxy) is 4. The van der Waals surface area contributed by atoms with Gasteiger partial charge in [-0.3, -0.25) is 14.9 Å². The quantitative estimate of drug-likeness (QED) is 0.0709. The number of pyridine rings is 1. The Morgan fingerprint density at radius 1 is 0.889 bits per heavy atom. The lowest BCUT2D eigenvalue weighted by atomic mass is 10.00. The van der Waals surface area contributed by atoms with E-state index in [2.05, 4.69) is 20.9 Å². The number of carboxylic acids is 1. The number of aliphatic carboxylic acids is 1. The van der Waals surface area contributed by atoms with Crippen LogP contribution in [0.3, 0.4) is 0 Å². The summed E-state index contributed by atoms with van der Waals surface area (Å²) in [6.45, 7) is 4.07. The van der Waals surface area contributed by atoms with Gasteiger partial charge < -0.3 is 40.4 Å². The van der Waals surface area contributed by atoms with E-state index in [1.54, 1.807) is 48.3 Å². The number of methoxy groups -OCH3 is 4. The molecule has 4 aromatic rings. The van der Waals surface area contributed by atoms with Crippen molar-refractivity contribution in [1.82, 2.24) is 10.3 Å². The molecule has 0 aliphatic heterocycles. The fraction of sp³-hybridized carbons (Fsp3) is 0.306. The number of hydrogen-bond acceptors (Lipinski definition) is 12. The number of hydrogen-bond donors (Lipinski definition) is 5. The van der Waals surface area contributed by atoms with Crippen LogP contribution in [0.15, 0.2) is 71.8 Å². The summed E-state index contributed by atoms with van der Waals surface area (Å²) in [6, 6.07) is 16.0. The Balaban J connectivity index is 0.00000102. The second-order valence-corrected chi connectivity index (χ2v) is 13.1. The van der Waals surface area contributed by atoms with Crippen LogP contribution in [-0.4, -0.2) is 73.9 Å². The number of carbonyl (C=O) groups is 4. The molecule has 3 aromatic carbocycles. The number of rotatable bonds is 13. The number of carboxylic acid groups (broad SMARTS) is 1. The second-order valence-electron chi connectivity index (χ2n) is 11.5. The summed E-state index contributed by atoms with van der Waals surface area (Å²) in [5, 5.41) is 18.0. The van der Waals surface area contributed by atoms with Gasteiger partial charge in [0.15, 0.2) is 11.5 Å². The Morgan fingerprint density at radius 3 is 2.15 bits per heavy atom. The maximum atomic E-state index is 14.4. The van der Waals surface area contributed by atoms with Crippen LogP contribution in [0.5, 0.6) is 11.5 Å². The van der Waals surface area contributed by atoms with E-state index in [9.17, 15) is 27.6 Å². The van der Waals surface area contributed by atoms with Crippen molar-refractivity contribution in [2.75, 3.05) is 44.8 Å². The first-order valence-corrected chi connectivity index (χ1v) is 16.8. The maximum absolute atomic E-state index is 14.4. The van der Waals surface area contributed by atoms with Crippen LogP contribution < -0.4 is 31.2 Å². The molecular formula is C36H40F3N5O9S. The number of carbonyl (C=O) groups excluding carboxylic acids is 3. The van der Waals surface area contributed by atoms with Gasteiger partial charge in [-0.2, -0.15) is 13.2 Å². The number of nitrogen functional groups attached to an aromatic ring is 1. The van der Waals surface area contributed by atoms with Crippen molar-refractivity contribution in [3.8, 4) is 11.5 Å². The molecule has 14 nitrogen and oxygen atoms in total. The van der Waals surface area contributed by atoms with Gasteiger partial charge in [0.2, 0.25) is 5.91 Å². The largest absolute Gasteiger partial charge is 0.493 e. The highest BCUT2D eigenvalue weighted by atomic mass is 32.2. The second kappa shape index (κ2) is 19.2. The zero-order valence-corrected chi connectivity index (χ0v) is 30.9. The van der Waals surface area contributed by atoms with E-state index < -0.39 is 42.2 Å². The van der Waals surface area contributed by atoms with Crippen molar-refractivity contribution < 1.29 is 56.4 Å². The zero-order chi connectivity index (χ0) is 40.2. The molecule has 290 valence electrons. The average Bonchev–Trinajstić information content (AvgIpc) is 3.13. The Bertz CT molecular complexity index is 1960. The molecule has 4 rings (SSSR count). The monoisotopic (exact) mass is 775 g/mol. The van der Waals surface area contributed by atoms with Gasteiger partial charge in [-0.05, 0) is 71.1 Å². The van der Waals surface area contributed by atoms with Crippen LogP contribution in [-0.2, 0) is 23.9 Å². The molecule has 54 heavy (non-hydrogen) atoms. The normalized spacial score (nSPS) is 12.0. The number of anilines is 3. The van der Waals surface area contributed by atoms with Crippen LogP contribution in [0, 0.1) is 0 Å². The lowest BCUT2D eigenvalue weighted by molar-refractivity contribution is -0.192. The zero-order valence-electron chi connectivity index (χ0n) is 30.1. The van der Waals surface area contributed by atoms with Gasteiger partial charge in [-0.25, -0.2) is 14.6 Å². The highest BCUT2D eigenvalue weighted by Gasteiger charge is 2.38. The SMILES string of the molecule is COC(=O)C[C@@H](NC(=O)C(Nc1ccc2c(N)nccc2c1)c1ccc(OC)c(OC)c1)c1cc(NC(=O)OC)ccc1SC(C)C.O=C(O)C(F)(F)F. The molecule has 0 aliphatic carbocycles. The maximum Gasteiger partial charge on any atom is 0.490 e. The van der Waals surface area contributed by atoms with E-state index in [1.807, 2.05) is 44.2 Å². The standard InChI is InChI=1S/C34H39N5O7S.C2HF3O2/c1-19(2)47-29-12-9-23(38-34(42)46-6)17-25(29)26(18-30(40)45-5)39-33(41)31(21-7-11-27(43-3)28(16-21)44-4)37-22-8-10-24-20(15-22)13-14-36-32(24)35;3-2(4,5)1(6)7/h7-17,19,26,31,37H,18H2,1-6H3,(H2,35,36)(H,38,42)(H,39,41);(H,6,7)/t26-,31?;/m1./s1. The minimum Gasteiger partial charge on any atom is -0.493 e. The molecule has 0 fully saturated rings. The molecule has 0 bridgehead atoms. The molecule has 1 heterocycles. The first kappa shape index (κ1) is 42.5. The molecule has 6 N–H and O–H groups in total. The third-order valence-corrected chi connectivity index (χ3v) is 8.54. The van der Waals surface area contributed by atoms with Crippen molar-refractivity contribution >= 4 is 63.7 Å². The van der Waals surface area contributed by atoms with E-state index in [1.165, 1.54) is 28.4 Å². The highest BCUT2D eigenvalue weighted by molar-refractivity contribution is 8.00. The Labute approximate surface area is 312 Å². The predicted octanol–water partition coefficient (Wildman–Crippen LogP) is 6.72. The van der Waals surface area contributed by atoms with Crippen molar-refractivity contribution in [1.29, 1.82) is 0 Å². The minimum atomic E-state index is -5.08. The van der Waals surface area contributed by atoms with Gasteiger partial charge in [0, 0.05) is 33.1 Å². The molecular weight excluding hydrogens is 735 g/mol. The van der Waals surface area contributed by atoms with Crippen molar-refractivity contribution in [2.24, 2.45) is 0 Å². The van der Waals surface area contributed by atoms with Crippen LogP contribution in [0.2, 0.25) is 0 Å². The molecule has 2 amide bonds. The van der Waals surface area contributed by atoms with Gasteiger partial charge in [0.1, 0.15) is 11.9 Å². The number of benzene rings is 3. The van der Waals surface area contributed by atoms with Crippen molar-refractivity contribution in [2.45, 2.75) is 48.7 Å². The Hall–Kier alpha value is -5.91. The summed E-state index contributed by atoms with van der Waals surface area (Å²) in [6.07, 6.45) is -4.29. The number of thioether (sulfide) groups is 1. The van der Waals surface area contributed by atoms with Crippen LogP contribution in [0.1, 0.15) is 43.5 Å². The summed E-state index contributed by atoms with van der Waals surface area (Å²) in [7, 11) is 5.60. The number of nitrogens with two attached hydrogens (primary N) is 1. The fourth-order valence-corrected chi connectivity index (χ4v) is 5.95.